The third kappa shape index (κ3) is 2.80. The Kier molecular flexibility index (Phi) is 4.11. The van der Waals surface area contributed by atoms with Gasteiger partial charge in [0.15, 0.2) is 0 Å². The molecule has 0 saturated carbocycles. The van der Waals surface area contributed by atoms with Crippen molar-refractivity contribution in [3.63, 3.8) is 0 Å². The maximum Gasteiger partial charge on any atom is 0.142 e. The zero-order chi connectivity index (χ0) is 10.7. The second-order valence-electron chi connectivity index (χ2n) is 3.83. The molecule has 0 aliphatic heterocycles. The number of ketones is 1. The third-order valence-corrected chi connectivity index (χ3v) is 3.08. The van der Waals surface area contributed by atoms with Gasteiger partial charge in [-0.2, -0.15) is 0 Å². The van der Waals surface area contributed by atoms with Crippen LogP contribution in [-0.4, -0.2) is 5.78 Å². The van der Waals surface area contributed by atoms with Crippen LogP contribution in [0.25, 0.3) is 0 Å². The summed E-state index contributed by atoms with van der Waals surface area (Å²) < 4.78 is 1.20. The van der Waals surface area contributed by atoms with Gasteiger partial charge in [-0.05, 0) is 40.3 Å². The third-order valence-electron chi connectivity index (χ3n) is 2.37. The molecule has 1 unspecified atom stereocenters. The maximum atomic E-state index is 11.7. The molecule has 0 fully saturated rings. The van der Waals surface area contributed by atoms with E-state index in [0.717, 1.165) is 5.56 Å². The summed E-state index contributed by atoms with van der Waals surface area (Å²) in [6, 6.07) is 8.15. The molecule has 0 bridgehead atoms. The number of halogens is 1. The van der Waals surface area contributed by atoms with E-state index in [-0.39, 0.29) is 11.8 Å². The summed E-state index contributed by atoms with van der Waals surface area (Å²) in [5.74, 6) is 0.447. The SMILES string of the molecule is CC(C)C(=O)C(C)c1ccc(I)cc1. The minimum Gasteiger partial charge on any atom is -0.299 e. The Morgan fingerprint density at radius 2 is 1.64 bits per heavy atom. The molecule has 0 N–H and O–H groups in total. The summed E-state index contributed by atoms with van der Waals surface area (Å²) in [4.78, 5) is 11.7. The van der Waals surface area contributed by atoms with E-state index in [2.05, 4.69) is 22.6 Å². The molecule has 76 valence electrons. The monoisotopic (exact) mass is 302 g/mol. The van der Waals surface area contributed by atoms with Crippen molar-refractivity contribution >= 4 is 28.4 Å². The van der Waals surface area contributed by atoms with Crippen LogP contribution in [0.3, 0.4) is 0 Å². The number of carbonyl (C=O) groups excluding carboxylic acids is 1. The molecule has 0 saturated heterocycles. The number of rotatable bonds is 3. The lowest BCUT2D eigenvalue weighted by Crippen LogP contribution is -2.15. The van der Waals surface area contributed by atoms with Crippen molar-refractivity contribution in [2.24, 2.45) is 5.92 Å². The zero-order valence-corrected chi connectivity index (χ0v) is 10.9. The van der Waals surface area contributed by atoms with Crippen molar-refractivity contribution in [1.82, 2.24) is 0 Å². The lowest BCUT2D eigenvalue weighted by molar-refractivity contribution is -0.123. The highest BCUT2D eigenvalue weighted by Gasteiger charge is 2.17. The van der Waals surface area contributed by atoms with Crippen molar-refractivity contribution in [2.75, 3.05) is 0 Å². The van der Waals surface area contributed by atoms with E-state index < -0.39 is 0 Å². The quantitative estimate of drug-likeness (QED) is 0.779. The van der Waals surface area contributed by atoms with Crippen LogP contribution in [0.5, 0.6) is 0 Å². The molecule has 1 rings (SSSR count). The van der Waals surface area contributed by atoms with Gasteiger partial charge in [-0.3, -0.25) is 4.79 Å². The van der Waals surface area contributed by atoms with Crippen LogP contribution in [0.15, 0.2) is 24.3 Å². The van der Waals surface area contributed by atoms with Crippen LogP contribution < -0.4 is 0 Å². The second-order valence-corrected chi connectivity index (χ2v) is 5.08. The van der Waals surface area contributed by atoms with Gasteiger partial charge in [-0.15, -0.1) is 0 Å². The summed E-state index contributed by atoms with van der Waals surface area (Å²) in [5, 5.41) is 0. The van der Waals surface area contributed by atoms with E-state index in [9.17, 15) is 4.79 Å². The van der Waals surface area contributed by atoms with Crippen LogP contribution in [0, 0.1) is 9.49 Å². The van der Waals surface area contributed by atoms with E-state index >= 15 is 0 Å². The molecule has 1 nitrogen and oxygen atoms in total. The van der Waals surface area contributed by atoms with E-state index in [0.29, 0.717) is 5.78 Å². The van der Waals surface area contributed by atoms with Crippen molar-refractivity contribution in [3.8, 4) is 0 Å². The van der Waals surface area contributed by atoms with Gasteiger partial charge in [0, 0.05) is 15.4 Å². The average Bonchev–Trinajstić information content (AvgIpc) is 2.16. The molecule has 2 heteroatoms. The second kappa shape index (κ2) is 4.91. The van der Waals surface area contributed by atoms with Crippen LogP contribution >= 0.6 is 22.6 Å². The first kappa shape index (κ1) is 11.7. The molecule has 0 radical (unpaired) electrons. The molecule has 0 spiro atoms. The fraction of sp³-hybridized carbons (Fsp3) is 0.417. The molecule has 1 aromatic carbocycles. The molecule has 0 aromatic heterocycles. The smallest absolute Gasteiger partial charge is 0.142 e. The zero-order valence-electron chi connectivity index (χ0n) is 8.75. The lowest BCUT2D eigenvalue weighted by Gasteiger charge is -2.13. The fourth-order valence-electron chi connectivity index (χ4n) is 1.42. The molecule has 14 heavy (non-hydrogen) atoms. The Balaban J connectivity index is 2.84. The fourth-order valence-corrected chi connectivity index (χ4v) is 1.78. The summed E-state index contributed by atoms with van der Waals surface area (Å²) in [5.41, 5.74) is 1.11. The molecule has 0 amide bonds. The Hall–Kier alpha value is -0.380. The number of hydrogen-bond acceptors (Lipinski definition) is 1. The van der Waals surface area contributed by atoms with E-state index in [4.69, 9.17) is 0 Å². The largest absolute Gasteiger partial charge is 0.299 e. The minimum atomic E-state index is 0.0204. The van der Waals surface area contributed by atoms with Gasteiger partial charge >= 0.3 is 0 Å². The highest BCUT2D eigenvalue weighted by Crippen LogP contribution is 2.20. The van der Waals surface area contributed by atoms with Crippen molar-refractivity contribution in [3.05, 3.63) is 33.4 Å². The molecule has 0 heterocycles. The van der Waals surface area contributed by atoms with Gasteiger partial charge < -0.3 is 0 Å². The minimum absolute atomic E-state index is 0.0204. The first-order valence-electron chi connectivity index (χ1n) is 4.81. The molecule has 1 atom stereocenters. The number of hydrogen-bond donors (Lipinski definition) is 0. The number of benzene rings is 1. The molecule has 1 aromatic rings. The first-order valence-corrected chi connectivity index (χ1v) is 5.89. The highest BCUT2D eigenvalue weighted by atomic mass is 127. The average molecular weight is 302 g/mol. The van der Waals surface area contributed by atoms with E-state index in [1.807, 2.05) is 45.0 Å². The van der Waals surface area contributed by atoms with Gasteiger partial charge in [0.1, 0.15) is 5.78 Å². The summed E-state index contributed by atoms with van der Waals surface area (Å²) in [7, 11) is 0. The van der Waals surface area contributed by atoms with Gasteiger partial charge in [-0.1, -0.05) is 32.9 Å². The Morgan fingerprint density at radius 3 is 2.07 bits per heavy atom. The summed E-state index contributed by atoms with van der Waals surface area (Å²) >= 11 is 2.27. The van der Waals surface area contributed by atoms with Gasteiger partial charge in [0.25, 0.3) is 0 Å². The highest BCUT2D eigenvalue weighted by molar-refractivity contribution is 14.1. The molecule has 0 aliphatic rings. The van der Waals surface area contributed by atoms with Gasteiger partial charge in [-0.25, -0.2) is 0 Å². The Morgan fingerprint density at radius 1 is 1.14 bits per heavy atom. The van der Waals surface area contributed by atoms with E-state index in [1.54, 1.807) is 0 Å². The molecular weight excluding hydrogens is 287 g/mol. The van der Waals surface area contributed by atoms with Gasteiger partial charge in [0.05, 0.1) is 0 Å². The number of carbonyl (C=O) groups is 1. The van der Waals surface area contributed by atoms with Crippen molar-refractivity contribution in [2.45, 2.75) is 26.7 Å². The Labute approximate surface area is 99.0 Å². The van der Waals surface area contributed by atoms with Crippen LogP contribution in [0.2, 0.25) is 0 Å². The van der Waals surface area contributed by atoms with Crippen LogP contribution in [0.1, 0.15) is 32.3 Å². The van der Waals surface area contributed by atoms with Gasteiger partial charge in [0.2, 0.25) is 0 Å². The maximum absolute atomic E-state index is 11.7. The van der Waals surface area contributed by atoms with E-state index in [1.165, 1.54) is 3.57 Å². The van der Waals surface area contributed by atoms with Crippen LogP contribution in [0.4, 0.5) is 0 Å². The topological polar surface area (TPSA) is 17.1 Å². The number of Topliss-reactive ketones (excluding diaryl/α,β-unsaturated/α-hetero) is 1. The lowest BCUT2D eigenvalue weighted by atomic mass is 9.91. The van der Waals surface area contributed by atoms with Crippen molar-refractivity contribution < 1.29 is 4.79 Å². The summed E-state index contributed by atoms with van der Waals surface area (Å²) in [6.45, 7) is 5.88. The van der Waals surface area contributed by atoms with Crippen LogP contribution in [-0.2, 0) is 4.79 Å². The van der Waals surface area contributed by atoms with Crippen molar-refractivity contribution in [1.29, 1.82) is 0 Å². The predicted molar refractivity (Wildman–Crippen MR) is 67.4 cm³/mol. The normalized spacial score (nSPS) is 12.9. The molecular formula is C12H15IO. The predicted octanol–water partition coefficient (Wildman–Crippen LogP) is 3.62. The Bertz CT molecular complexity index is 314. The standard InChI is InChI=1S/C12H15IO/c1-8(2)12(14)9(3)10-4-6-11(13)7-5-10/h4-9H,1-3H3. The summed E-state index contributed by atoms with van der Waals surface area (Å²) in [6.07, 6.45) is 0. The first-order chi connectivity index (χ1) is 6.52. The molecule has 0 aliphatic carbocycles.